The number of anilines is 1. The molecule has 0 aliphatic carbocycles. The Kier molecular flexibility index (Phi) is 3.44. The molecule has 1 aliphatic rings. The molecule has 3 heteroatoms. The average Bonchev–Trinajstić information content (AvgIpc) is 2.43. The quantitative estimate of drug-likeness (QED) is 0.785. The molecule has 1 heterocycles. The maximum absolute atomic E-state index is 13.7. The molecule has 1 aromatic rings. The van der Waals surface area contributed by atoms with Crippen molar-refractivity contribution in [3.8, 4) is 0 Å². The van der Waals surface area contributed by atoms with Crippen LogP contribution in [-0.4, -0.2) is 25.2 Å². The van der Waals surface area contributed by atoms with E-state index in [1.54, 1.807) is 6.07 Å². The molecule has 2 atom stereocenters. The standard InChI is InChI=1S/C13H19FN2/c1-10-7-8-16(11(2)9-15-10)13-6-4-3-5-12(13)14/h3-6,10-11,15H,7-9H2,1-2H3. The number of hydrogen-bond donors (Lipinski definition) is 1. The van der Waals surface area contributed by atoms with Gasteiger partial charge in [-0.05, 0) is 32.4 Å². The lowest BCUT2D eigenvalue weighted by Crippen LogP contribution is -2.38. The van der Waals surface area contributed by atoms with Gasteiger partial charge in [0.05, 0.1) is 5.69 Å². The Balaban J connectivity index is 2.22. The molecule has 0 aromatic heterocycles. The first-order chi connectivity index (χ1) is 7.68. The Morgan fingerprint density at radius 3 is 2.81 bits per heavy atom. The highest BCUT2D eigenvalue weighted by Gasteiger charge is 2.21. The Morgan fingerprint density at radius 2 is 2.06 bits per heavy atom. The zero-order chi connectivity index (χ0) is 11.5. The normalized spacial score (nSPS) is 26.6. The smallest absolute Gasteiger partial charge is 0.146 e. The Morgan fingerprint density at radius 1 is 1.31 bits per heavy atom. The van der Waals surface area contributed by atoms with Crippen molar-refractivity contribution < 1.29 is 4.39 Å². The molecule has 0 bridgehead atoms. The SMILES string of the molecule is CC1CCN(c2ccccc2F)C(C)CN1. The third kappa shape index (κ3) is 2.35. The monoisotopic (exact) mass is 222 g/mol. The van der Waals surface area contributed by atoms with Gasteiger partial charge < -0.3 is 10.2 Å². The third-order valence-corrected chi connectivity index (χ3v) is 3.26. The molecule has 2 unspecified atom stereocenters. The zero-order valence-electron chi connectivity index (χ0n) is 9.91. The van der Waals surface area contributed by atoms with Gasteiger partial charge in [0.25, 0.3) is 0 Å². The van der Waals surface area contributed by atoms with Gasteiger partial charge in [-0.3, -0.25) is 0 Å². The summed E-state index contributed by atoms with van der Waals surface area (Å²) < 4.78 is 13.7. The second-order valence-corrected chi connectivity index (χ2v) is 4.59. The van der Waals surface area contributed by atoms with E-state index in [9.17, 15) is 4.39 Å². The molecule has 0 radical (unpaired) electrons. The fraction of sp³-hybridized carbons (Fsp3) is 0.538. The molecule has 0 spiro atoms. The summed E-state index contributed by atoms with van der Waals surface area (Å²) in [6.07, 6.45) is 1.05. The van der Waals surface area contributed by atoms with E-state index in [0.29, 0.717) is 12.1 Å². The van der Waals surface area contributed by atoms with Gasteiger partial charge in [0.2, 0.25) is 0 Å². The van der Waals surface area contributed by atoms with Gasteiger partial charge in [0.1, 0.15) is 5.82 Å². The van der Waals surface area contributed by atoms with E-state index in [0.717, 1.165) is 25.2 Å². The van der Waals surface area contributed by atoms with Crippen molar-refractivity contribution in [2.24, 2.45) is 0 Å². The Hall–Kier alpha value is -1.09. The highest BCUT2D eigenvalue weighted by atomic mass is 19.1. The summed E-state index contributed by atoms with van der Waals surface area (Å²) in [5, 5.41) is 3.45. The van der Waals surface area contributed by atoms with Crippen LogP contribution in [0.5, 0.6) is 0 Å². The van der Waals surface area contributed by atoms with Crippen LogP contribution in [0.15, 0.2) is 24.3 Å². The van der Waals surface area contributed by atoms with Crippen molar-refractivity contribution in [2.75, 3.05) is 18.0 Å². The number of nitrogens with zero attached hydrogens (tertiary/aromatic N) is 1. The van der Waals surface area contributed by atoms with Crippen molar-refractivity contribution in [3.63, 3.8) is 0 Å². The molecule has 1 N–H and O–H groups in total. The first-order valence-corrected chi connectivity index (χ1v) is 5.93. The summed E-state index contributed by atoms with van der Waals surface area (Å²) in [6.45, 7) is 6.14. The van der Waals surface area contributed by atoms with E-state index in [1.807, 2.05) is 12.1 Å². The van der Waals surface area contributed by atoms with Gasteiger partial charge in [-0.1, -0.05) is 12.1 Å². The predicted molar refractivity (Wildman–Crippen MR) is 65.3 cm³/mol. The summed E-state index contributed by atoms with van der Waals surface area (Å²) in [7, 11) is 0. The topological polar surface area (TPSA) is 15.3 Å². The van der Waals surface area contributed by atoms with Crippen LogP contribution in [-0.2, 0) is 0 Å². The van der Waals surface area contributed by atoms with E-state index >= 15 is 0 Å². The number of para-hydroxylation sites is 1. The first-order valence-electron chi connectivity index (χ1n) is 5.93. The molecular formula is C13H19FN2. The van der Waals surface area contributed by atoms with E-state index in [1.165, 1.54) is 6.07 Å². The number of benzene rings is 1. The van der Waals surface area contributed by atoms with Crippen LogP contribution >= 0.6 is 0 Å². The molecule has 1 fully saturated rings. The van der Waals surface area contributed by atoms with Gasteiger partial charge in [-0.25, -0.2) is 4.39 Å². The summed E-state index contributed by atoms with van der Waals surface area (Å²) in [5.74, 6) is -0.121. The van der Waals surface area contributed by atoms with Gasteiger partial charge in [-0.2, -0.15) is 0 Å². The molecule has 2 nitrogen and oxygen atoms in total. The fourth-order valence-corrected chi connectivity index (χ4v) is 2.18. The molecule has 16 heavy (non-hydrogen) atoms. The number of halogens is 1. The zero-order valence-corrected chi connectivity index (χ0v) is 9.91. The van der Waals surface area contributed by atoms with E-state index in [2.05, 4.69) is 24.1 Å². The van der Waals surface area contributed by atoms with Crippen LogP contribution in [0.25, 0.3) is 0 Å². The second kappa shape index (κ2) is 4.83. The molecular weight excluding hydrogens is 203 g/mol. The van der Waals surface area contributed by atoms with Crippen molar-refractivity contribution in [1.29, 1.82) is 0 Å². The van der Waals surface area contributed by atoms with Crippen molar-refractivity contribution >= 4 is 5.69 Å². The molecule has 0 amide bonds. The van der Waals surface area contributed by atoms with Crippen molar-refractivity contribution in [1.82, 2.24) is 5.32 Å². The maximum Gasteiger partial charge on any atom is 0.146 e. The molecule has 0 saturated carbocycles. The van der Waals surface area contributed by atoms with Crippen LogP contribution in [0.2, 0.25) is 0 Å². The van der Waals surface area contributed by atoms with E-state index in [-0.39, 0.29) is 5.82 Å². The van der Waals surface area contributed by atoms with Crippen molar-refractivity contribution in [2.45, 2.75) is 32.4 Å². The van der Waals surface area contributed by atoms with Crippen LogP contribution < -0.4 is 10.2 Å². The lowest BCUT2D eigenvalue weighted by atomic mass is 10.2. The largest absolute Gasteiger partial charge is 0.365 e. The lowest BCUT2D eigenvalue weighted by Gasteiger charge is -2.29. The lowest BCUT2D eigenvalue weighted by molar-refractivity contribution is 0.547. The Labute approximate surface area is 96.5 Å². The van der Waals surface area contributed by atoms with Gasteiger partial charge in [-0.15, -0.1) is 0 Å². The molecule has 2 rings (SSSR count). The van der Waals surface area contributed by atoms with Crippen LogP contribution in [0.1, 0.15) is 20.3 Å². The number of rotatable bonds is 1. The molecule has 1 saturated heterocycles. The molecule has 88 valence electrons. The summed E-state index contributed by atoms with van der Waals surface area (Å²) in [4.78, 5) is 2.16. The second-order valence-electron chi connectivity index (χ2n) is 4.59. The molecule has 1 aromatic carbocycles. The summed E-state index contributed by atoms with van der Waals surface area (Å²) >= 11 is 0. The minimum absolute atomic E-state index is 0.121. The Bertz CT molecular complexity index is 354. The molecule has 1 aliphatic heterocycles. The highest BCUT2D eigenvalue weighted by molar-refractivity contribution is 5.48. The van der Waals surface area contributed by atoms with E-state index < -0.39 is 0 Å². The number of hydrogen-bond acceptors (Lipinski definition) is 2. The highest BCUT2D eigenvalue weighted by Crippen LogP contribution is 2.22. The predicted octanol–water partition coefficient (Wildman–Crippen LogP) is 2.40. The van der Waals surface area contributed by atoms with Crippen LogP contribution in [0, 0.1) is 5.82 Å². The average molecular weight is 222 g/mol. The maximum atomic E-state index is 13.7. The first kappa shape index (κ1) is 11.4. The summed E-state index contributed by atoms with van der Waals surface area (Å²) in [6, 6.07) is 7.88. The minimum atomic E-state index is -0.121. The van der Waals surface area contributed by atoms with Crippen molar-refractivity contribution in [3.05, 3.63) is 30.1 Å². The van der Waals surface area contributed by atoms with Gasteiger partial charge >= 0.3 is 0 Å². The van der Waals surface area contributed by atoms with Gasteiger partial charge in [0.15, 0.2) is 0 Å². The number of nitrogens with one attached hydrogen (secondary N) is 1. The van der Waals surface area contributed by atoms with Crippen LogP contribution in [0.3, 0.4) is 0 Å². The van der Waals surface area contributed by atoms with Gasteiger partial charge in [0, 0.05) is 25.2 Å². The van der Waals surface area contributed by atoms with Crippen LogP contribution in [0.4, 0.5) is 10.1 Å². The minimum Gasteiger partial charge on any atom is -0.365 e. The fourth-order valence-electron chi connectivity index (χ4n) is 2.18. The van der Waals surface area contributed by atoms with E-state index in [4.69, 9.17) is 0 Å². The third-order valence-electron chi connectivity index (χ3n) is 3.26. The summed E-state index contributed by atoms with van der Waals surface area (Å²) in [5.41, 5.74) is 0.728.